The molecule has 0 amide bonds. The molecule has 0 aromatic rings. The second-order valence-electron chi connectivity index (χ2n) is 8.53. The average molecular weight is 357 g/mol. The highest BCUT2D eigenvalue weighted by atomic mass is 15.4. The zero-order valence-corrected chi connectivity index (χ0v) is 18.9. The van der Waals surface area contributed by atoms with Crippen molar-refractivity contribution in [1.29, 1.82) is 0 Å². The van der Waals surface area contributed by atoms with Crippen LogP contribution in [0.15, 0.2) is 0 Å². The molecule has 0 aliphatic rings. The van der Waals surface area contributed by atoms with E-state index in [-0.39, 0.29) is 0 Å². The molecule has 0 aromatic carbocycles. The summed E-state index contributed by atoms with van der Waals surface area (Å²) in [6, 6.07) is 0. The molecule has 0 radical (unpaired) electrons. The van der Waals surface area contributed by atoms with Gasteiger partial charge in [0, 0.05) is 0 Å². The van der Waals surface area contributed by atoms with Crippen LogP contribution in [0, 0.1) is 0 Å². The van der Waals surface area contributed by atoms with E-state index in [0.29, 0.717) is 0 Å². The molecule has 0 bridgehead atoms. The van der Waals surface area contributed by atoms with Gasteiger partial charge in [-0.05, 0) is 57.8 Å². The first-order valence-corrected chi connectivity index (χ1v) is 11.8. The van der Waals surface area contributed by atoms with E-state index in [1.165, 1.54) is 119 Å². The Morgan fingerprint density at radius 1 is 0.320 bits per heavy atom. The van der Waals surface area contributed by atoms with Gasteiger partial charge in [0.2, 0.25) is 0 Å². The maximum absolute atomic E-state index is 2.37. The first-order valence-electron chi connectivity index (χ1n) is 11.8. The van der Waals surface area contributed by atoms with Crippen molar-refractivity contribution in [3.63, 3.8) is 0 Å². The van der Waals surface area contributed by atoms with Crippen molar-refractivity contribution < 1.29 is 8.97 Å². The zero-order valence-electron chi connectivity index (χ0n) is 18.9. The molecule has 2 nitrogen and oxygen atoms in total. The predicted octanol–water partition coefficient (Wildman–Crippen LogP) is 6.25. The number of hydrogen-bond acceptors (Lipinski definition) is 0. The molecule has 0 rings (SSSR count). The third-order valence-corrected chi connectivity index (χ3v) is 5.95. The van der Waals surface area contributed by atoms with Crippen molar-refractivity contribution in [3.05, 3.63) is 0 Å². The van der Waals surface area contributed by atoms with Crippen molar-refractivity contribution in [3.8, 4) is 0 Å². The molecular weight excluding hydrogens is 304 g/mol. The second kappa shape index (κ2) is 15.0. The van der Waals surface area contributed by atoms with Gasteiger partial charge in [0.1, 0.15) is 0 Å². The van der Waals surface area contributed by atoms with Crippen LogP contribution in [0.2, 0.25) is 0 Å². The third-order valence-electron chi connectivity index (χ3n) is 5.95. The van der Waals surface area contributed by atoms with Crippen LogP contribution in [0.25, 0.3) is 0 Å². The Morgan fingerprint density at radius 3 is 0.760 bits per heavy atom. The first kappa shape index (κ1) is 24.9. The minimum absolute atomic E-state index is 1.34. The Labute approximate surface area is 161 Å². The summed E-state index contributed by atoms with van der Waals surface area (Å²) in [5.41, 5.74) is 0. The molecule has 0 aromatic heterocycles. The van der Waals surface area contributed by atoms with E-state index in [0.717, 1.165) is 0 Å². The van der Waals surface area contributed by atoms with E-state index in [9.17, 15) is 0 Å². The highest BCUT2D eigenvalue weighted by molar-refractivity contribution is 4.51. The van der Waals surface area contributed by atoms with Crippen molar-refractivity contribution >= 4 is 0 Å². The van der Waals surface area contributed by atoms with Crippen LogP contribution in [-0.2, 0) is 0 Å². The normalized spacial score (nSPS) is 12.7. The molecule has 0 N–H and O–H groups in total. The average Bonchev–Trinajstić information content (AvgIpc) is 2.56. The van der Waals surface area contributed by atoms with Crippen molar-refractivity contribution in [2.45, 2.75) is 99.3 Å². The Morgan fingerprint density at radius 2 is 0.560 bits per heavy atom. The molecule has 0 fully saturated rings. The van der Waals surface area contributed by atoms with Gasteiger partial charge in [-0.2, -0.15) is 0 Å². The van der Waals surface area contributed by atoms with Crippen LogP contribution in [-0.4, -0.2) is 61.3 Å². The molecule has 0 atom stereocenters. The summed E-state index contributed by atoms with van der Waals surface area (Å²) in [6.45, 7) is 25.4. The van der Waals surface area contributed by atoms with Gasteiger partial charge in [0.15, 0.2) is 0 Å². The van der Waals surface area contributed by atoms with E-state index in [1.54, 1.807) is 0 Å². The molecule has 0 aliphatic heterocycles. The summed E-state index contributed by atoms with van der Waals surface area (Å²) in [4.78, 5) is 0. The van der Waals surface area contributed by atoms with Crippen LogP contribution in [0.1, 0.15) is 99.3 Å². The summed E-state index contributed by atoms with van der Waals surface area (Å²) in [5.74, 6) is 0. The quantitative estimate of drug-likeness (QED) is 0.201. The summed E-state index contributed by atoms with van der Waals surface area (Å²) in [5, 5.41) is 0. The Balaban J connectivity index is 4.49. The molecule has 0 aliphatic carbocycles. The largest absolute Gasteiger partial charge is 0.324 e. The Bertz CT molecular complexity index is 226. The van der Waals surface area contributed by atoms with E-state index in [4.69, 9.17) is 0 Å². The Kier molecular flexibility index (Phi) is 15.0. The van der Waals surface area contributed by atoms with Crippen molar-refractivity contribution in [1.82, 2.24) is 0 Å². The molecule has 0 spiro atoms. The standard InChI is InChI=1S/C23H52N2/c1-7-16-24(17-8-2,18-9-3)22-14-13-15-23-25(19-10-4,20-11-5)21-12-6/h7-23H2,1-6H3/q+2. The maximum Gasteiger partial charge on any atom is 0.0786 e. The lowest BCUT2D eigenvalue weighted by Crippen LogP contribution is -2.51. The minimum atomic E-state index is 1.34. The van der Waals surface area contributed by atoms with Crippen molar-refractivity contribution in [2.75, 3.05) is 52.4 Å². The molecule has 0 saturated heterocycles. The van der Waals surface area contributed by atoms with Gasteiger partial charge < -0.3 is 8.97 Å². The molecule has 0 saturated carbocycles. The lowest BCUT2D eigenvalue weighted by Gasteiger charge is -2.40. The van der Waals surface area contributed by atoms with Crippen LogP contribution in [0.3, 0.4) is 0 Å². The summed E-state index contributed by atoms with van der Waals surface area (Å²) >= 11 is 0. The molecule has 25 heavy (non-hydrogen) atoms. The molecule has 152 valence electrons. The van der Waals surface area contributed by atoms with Gasteiger partial charge in [-0.1, -0.05) is 41.5 Å². The topological polar surface area (TPSA) is 0 Å². The number of hydrogen-bond donors (Lipinski definition) is 0. The number of unbranched alkanes of at least 4 members (excludes halogenated alkanes) is 2. The van der Waals surface area contributed by atoms with Crippen LogP contribution in [0.4, 0.5) is 0 Å². The van der Waals surface area contributed by atoms with E-state index >= 15 is 0 Å². The summed E-state index contributed by atoms with van der Waals surface area (Å²) in [7, 11) is 0. The molecule has 0 heterocycles. The lowest BCUT2D eigenvalue weighted by molar-refractivity contribution is -0.930. The smallest absolute Gasteiger partial charge is 0.0786 e. The monoisotopic (exact) mass is 356 g/mol. The minimum Gasteiger partial charge on any atom is -0.324 e. The highest BCUT2D eigenvalue weighted by Crippen LogP contribution is 2.17. The van der Waals surface area contributed by atoms with E-state index in [1.807, 2.05) is 0 Å². The van der Waals surface area contributed by atoms with Gasteiger partial charge in [0.25, 0.3) is 0 Å². The maximum atomic E-state index is 2.37. The highest BCUT2D eigenvalue weighted by Gasteiger charge is 2.26. The third kappa shape index (κ3) is 9.99. The van der Waals surface area contributed by atoms with Crippen LogP contribution >= 0.6 is 0 Å². The fraction of sp³-hybridized carbons (Fsp3) is 1.00. The Hall–Kier alpha value is -0.0800. The molecular formula is C23H52N2+2. The predicted molar refractivity (Wildman–Crippen MR) is 115 cm³/mol. The van der Waals surface area contributed by atoms with Gasteiger partial charge in [-0.15, -0.1) is 0 Å². The summed E-state index contributed by atoms with van der Waals surface area (Å²) < 4.78 is 2.78. The SMILES string of the molecule is CCC[N+](CCC)(CCC)CCCCC[N+](CCC)(CCC)CCC. The van der Waals surface area contributed by atoms with Gasteiger partial charge in [0.05, 0.1) is 52.4 Å². The van der Waals surface area contributed by atoms with E-state index in [2.05, 4.69) is 41.5 Å². The lowest BCUT2D eigenvalue weighted by atomic mass is 10.1. The molecule has 0 unspecified atom stereocenters. The van der Waals surface area contributed by atoms with Crippen LogP contribution < -0.4 is 0 Å². The number of nitrogens with zero attached hydrogens (tertiary/aromatic N) is 2. The number of rotatable bonds is 18. The first-order chi connectivity index (χ1) is 12.1. The zero-order chi connectivity index (χ0) is 19.0. The fourth-order valence-corrected chi connectivity index (χ4v) is 5.26. The molecule has 2 heteroatoms. The van der Waals surface area contributed by atoms with Crippen LogP contribution in [0.5, 0.6) is 0 Å². The fourth-order valence-electron chi connectivity index (χ4n) is 5.26. The van der Waals surface area contributed by atoms with Gasteiger partial charge >= 0.3 is 0 Å². The number of quaternary nitrogens is 2. The van der Waals surface area contributed by atoms with Gasteiger partial charge in [-0.25, -0.2) is 0 Å². The summed E-state index contributed by atoms with van der Waals surface area (Å²) in [6.07, 6.45) is 12.3. The second-order valence-corrected chi connectivity index (χ2v) is 8.53. The van der Waals surface area contributed by atoms with Crippen molar-refractivity contribution in [2.24, 2.45) is 0 Å². The van der Waals surface area contributed by atoms with Gasteiger partial charge in [-0.3, -0.25) is 0 Å². The van der Waals surface area contributed by atoms with E-state index < -0.39 is 0 Å².